The number of benzene rings is 2. The van der Waals surface area contributed by atoms with Crippen molar-refractivity contribution in [2.75, 3.05) is 25.1 Å². The number of nitrogens with one attached hydrogen (secondary N) is 2. The van der Waals surface area contributed by atoms with Gasteiger partial charge in [0.2, 0.25) is 0 Å². The summed E-state index contributed by atoms with van der Waals surface area (Å²) in [5.41, 5.74) is 2.30. The van der Waals surface area contributed by atoms with Crippen molar-refractivity contribution in [2.45, 2.75) is 25.9 Å². The number of hydrogen-bond acceptors (Lipinski definition) is 5. The van der Waals surface area contributed by atoms with E-state index in [9.17, 15) is 14.9 Å². The topological polar surface area (TPSA) is 100 Å². The molecule has 0 aromatic heterocycles. The summed E-state index contributed by atoms with van der Waals surface area (Å²) in [4.78, 5) is 24.4. The van der Waals surface area contributed by atoms with Gasteiger partial charge in [-0.1, -0.05) is 35.4 Å². The Labute approximate surface area is 192 Å². The lowest BCUT2D eigenvalue weighted by Crippen LogP contribution is -2.32. The fourth-order valence-electron chi connectivity index (χ4n) is 3.12. The molecule has 7 nitrogen and oxygen atoms in total. The summed E-state index contributed by atoms with van der Waals surface area (Å²) in [6.07, 6.45) is 3.31. The lowest BCUT2D eigenvalue weighted by Gasteiger charge is -2.11. The van der Waals surface area contributed by atoms with Gasteiger partial charge in [0, 0.05) is 18.8 Å². The number of amides is 2. The molecule has 2 aromatic carbocycles. The van der Waals surface area contributed by atoms with E-state index < -0.39 is 5.91 Å². The molecule has 0 spiro atoms. The first-order valence-electron chi connectivity index (χ1n) is 10.2. The second-order valence-electron chi connectivity index (χ2n) is 7.41. The standard InChI is InChI=1S/C24H24ClN3O4/c1-16-4-7-19(8-5-16)28-23(29)15-32-22-9-6-17(12-21(22)25)11-18(13-26)24(30)27-14-20-3-2-10-31-20/h4-9,11-12,20H,2-3,10,14-15H2,1H3,(H,27,30)(H,28,29)/b18-11+/t20-/m0/s1. The molecule has 8 heteroatoms. The Morgan fingerprint density at radius 3 is 2.72 bits per heavy atom. The Bertz CT molecular complexity index is 1040. The molecule has 1 aliphatic rings. The molecule has 0 bridgehead atoms. The van der Waals surface area contributed by atoms with Gasteiger partial charge in [0.15, 0.2) is 6.61 Å². The summed E-state index contributed by atoms with van der Waals surface area (Å²) in [5.74, 6) is -0.458. The molecule has 1 atom stereocenters. The first-order chi connectivity index (χ1) is 15.4. The molecular formula is C24H24ClN3O4. The Balaban J connectivity index is 1.55. The van der Waals surface area contributed by atoms with Crippen molar-refractivity contribution in [2.24, 2.45) is 0 Å². The predicted molar refractivity (Wildman–Crippen MR) is 122 cm³/mol. The molecule has 1 aliphatic heterocycles. The van der Waals surface area contributed by atoms with E-state index in [0.29, 0.717) is 30.2 Å². The van der Waals surface area contributed by atoms with Gasteiger partial charge >= 0.3 is 0 Å². The van der Waals surface area contributed by atoms with Crippen LogP contribution in [-0.4, -0.2) is 37.7 Å². The van der Waals surface area contributed by atoms with Crippen LogP contribution < -0.4 is 15.4 Å². The van der Waals surface area contributed by atoms with E-state index in [1.165, 1.54) is 6.08 Å². The van der Waals surface area contributed by atoms with Crippen LogP contribution in [0.5, 0.6) is 5.75 Å². The fraction of sp³-hybridized carbons (Fsp3) is 0.292. The summed E-state index contributed by atoms with van der Waals surface area (Å²) in [6.45, 7) is 2.82. The largest absolute Gasteiger partial charge is 0.482 e. The number of carbonyl (C=O) groups is 2. The molecule has 2 N–H and O–H groups in total. The molecule has 2 amide bonds. The van der Waals surface area contributed by atoms with Gasteiger partial charge in [-0.25, -0.2) is 0 Å². The van der Waals surface area contributed by atoms with Crippen molar-refractivity contribution >= 4 is 35.2 Å². The Morgan fingerprint density at radius 1 is 1.28 bits per heavy atom. The fourth-order valence-corrected chi connectivity index (χ4v) is 3.37. The molecule has 0 radical (unpaired) electrons. The van der Waals surface area contributed by atoms with Crippen LogP contribution in [-0.2, 0) is 14.3 Å². The van der Waals surface area contributed by atoms with Crippen LogP contribution in [0.15, 0.2) is 48.0 Å². The van der Waals surface area contributed by atoms with Crippen molar-refractivity contribution in [1.82, 2.24) is 5.32 Å². The molecule has 0 aliphatic carbocycles. The summed E-state index contributed by atoms with van der Waals surface area (Å²) < 4.78 is 11.0. The Morgan fingerprint density at radius 2 is 2.06 bits per heavy atom. The summed E-state index contributed by atoms with van der Waals surface area (Å²) in [6, 6.07) is 14.1. The van der Waals surface area contributed by atoms with Gasteiger partial charge in [-0.15, -0.1) is 0 Å². The smallest absolute Gasteiger partial charge is 0.262 e. The minimum absolute atomic E-state index is 0.00650. The monoisotopic (exact) mass is 453 g/mol. The van der Waals surface area contributed by atoms with Crippen LogP contribution in [0.1, 0.15) is 24.0 Å². The third-order valence-corrected chi connectivity index (χ3v) is 5.14. The zero-order valence-corrected chi connectivity index (χ0v) is 18.4. The highest BCUT2D eigenvalue weighted by molar-refractivity contribution is 6.32. The van der Waals surface area contributed by atoms with Crippen molar-refractivity contribution in [3.8, 4) is 11.8 Å². The van der Waals surface area contributed by atoms with E-state index in [1.807, 2.05) is 37.3 Å². The van der Waals surface area contributed by atoms with Crippen molar-refractivity contribution in [3.63, 3.8) is 0 Å². The molecule has 2 aromatic rings. The quantitative estimate of drug-likeness (QED) is 0.466. The highest BCUT2D eigenvalue weighted by Gasteiger charge is 2.17. The number of nitriles is 1. The van der Waals surface area contributed by atoms with Gasteiger partial charge in [0.1, 0.15) is 17.4 Å². The second-order valence-corrected chi connectivity index (χ2v) is 7.81. The highest BCUT2D eigenvalue weighted by Crippen LogP contribution is 2.26. The van der Waals surface area contributed by atoms with Gasteiger partial charge in [0.05, 0.1) is 11.1 Å². The molecule has 1 fully saturated rings. The number of hydrogen-bond donors (Lipinski definition) is 2. The molecule has 3 rings (SSSR count). The summed E-state index contributed by atoms with van der Waals surface area (Å²) in [7, 11) is 0. The number of halogens is 1. The van der Waals surface area contributed by atoms with E-state index in [2.05, 4.69) is 10.6 Å². The highest BCUT2D eigenvalue weighted by atomic mass is 35.5. The first kappa shape index (κ1) is 23.3. The zero-order chi connectivity index (χ0) is 22.9. The summed E-state index contributed by atoms with van der Waals surface area (Å²) in [5, 5.41) is 15.1. The summed E-state index contributed by atoms with van der Waals surface area (Å²) >= 11 is 6.26. The predicted octanol–water partition coefficient (Wildman–Crippen LogP) is 3.87. The Kier molecular flexibility index (Phi) is 8.26. The van der Waals surface area contributed by atoms with E-state index in [-0.39, 0.29) is 29.2 Å². The first-order valence-corrected chi connectivity index (χ1v) is 10.6. The van der Waals surface area contributed by atoms with Crippen LogP contribution in [0.2, 0.25) is 5.02 Å². The minimum Gasteiger partial charge on any atom is -0.482 e. The number of rotatable bonds is 8. The second kappa shape index (κ2) is 11.3. The number of nitrogens with zero attached hydrogens (tertiary/aromatic N) is 1. The number of carbonyl (C=O) groups excluding carboxylic acids is 2. The molecule has 1 heterocycles. The molecule has 166 valence electrons. The number of ether oxygens (including phenoxy) is 2. The van der Waals surface area contributed by atoms with E-state index in [0.717, 1.165) is 18.4 Å². The SMILES string of the molecule is Cc1ccc(NC(=O)COc2ccc(/C=C(\C#N)C(=O)NC[C@@H]3CCCO3)cc2Cl)cc1. The maximum absolute atomic E-state index is 12.3. The normalized spacial score (nSPS) is 15.7. The van der Waals surface area contributed by atoms with Gasteiger partial charge in [-0.3, -0.25) is 9.59 Å². The van der Waals surface area contributed by atoms with Gasteiger partial charge < -0.3 is 20.1 Å². The third-order valence-electron chi connectivity index (χ3n) is 4.84. The minimum atomic E-state index is -0.466. The van der Waals surface area contributed by atoms with Gasteiger partial charge in [-0.05, 0) is 55.7 Å². The third kappa shape index (κ3) is 6.84. The van der Waals surface area contributed by atoms with Gasteiger partial charge in [-0.2, -0.15) is 5.26 Å². The average Bonchev–Trinajstić information content (AvgIpc) is 3.30. The van der Waals surface area contributed by atoms with E-state index in [4.69, 9.17) is 21.1 Å². The van der Waals surface area contributed by atoms with E-state index >= 15 is 0 Å². The number of aryl methyl sites for hydroxylation is 1. The molecular weight excluding hydrogens is 430 g/mol. The van der Waals surface area contributed by atoms with Crippen molar-refractivity contribution < 1.29 is 19.1 Å². The average molecular weight is 454 g/mol. The zero-order valence-electron chi connectivity index (χ0n) is 17.7. The lowest BCUT2D eigenvalue weighted by molar-refractivity contribution is -0.118. The maximum Gasteiger partial charge on any atom is 0.262 e. The van der Waals surface area contributed by atoms with Crippen LogP contribution in [0.4, 0.5) is 5.69 Å². The van der Waals surface area contributed by atoms with Gasteiger partial charge in [0.25, 0.3) is 11.8 Å². The molecule has 32 heavy (non-hydrogen) atoms. The van der Waals surface area contributed by atoms with Crippen molar-refractivity contribution in [1.29, 1.82) is 5.26 Å². The van der Waals surface area contributed by atoms with E-state index in [1.54, 1.807) is 18.2 Å². The van der Waals surface area contributed by atoms with Crippen LogP contribution in [0.25, 0.3) is 6.08 Å². The van der Waals surface area contributed by atoms with Crippen molar-refractivity contribution in [3.05, 3.63) is 64.2 Å². The number of anilines is 1. The molecule has 0 saturated carbocycles. The Hall–Kier alpha value is -3.34. The molecule has 1 saturated heterocycles. The van der Waals surface area contributed by atoms with Crippen LogP contribution in [0, 0.1) is 18.3 Å². The maximum atomic E-state index is 12.3. The van der Waals surface area contributed by atoms with Crippen LogP contribution >= 0.6 is 11.6 Å². The lowest BCUT2D eigenvalue weighted by atomic mass is 10.1. The molecule has 0 unspecified atom stereocenters. The van der Waals surface area contributed by atoms with Crippen LogP contribution in [0.3, 0.4) is 0 Å².